The molecule has 1 N–H and O–H groups in total. The molecular weight excluding hydrogens is 456 g/mol. The van der Waals surface area contributed by atoms with Crippen LogP contribution in [-0.4, -0.2) is 23.5 Å². The van der Waals surface area contributed by atoms with Crippen molar-refractivity contribution >= 4 is 34.9 Å². The van der Waals surface area contributed by atoms with Crippen LogP contribution in [0.5, 0.6) is 11.5 Å². The molecule has 7 heteroatoms. The Balaban J connectivity index is 1.33. The average molecular weight is 476 g/mol. The molecule has 0 saturated heterocycles. The molecule has 36 heavy (non-hydrogen) atoms. The average Bonchev–Trinajstić information content (AvgIpc) is 3.14. The van der Waals surface area contributed by atoms with E-state index in [9.17, 15) is 19.2 Å². The van der Waals surface area contributed by atoms with Crippen LogP contribution in [0.3, 0.4) is 0 Å². The zero-order chi connectivity index (χ0) is 25.2. The summed E-state index contributed by atoms with van der Waals surface area (Å²) >= 11 is 0. The van der Waals surface area contributed by atoms with Gasteiger partial charge in [0.1, 0.15) is 11.5 Å². The number of anilines is 2. The summed E-state index contributed by atoms with van der Waals surface area (Å²) < 4.78 is 5.77. The van der Waals surface area contributed by atoms with E-state index in [0.717, 1.165) is 4.90 Å². The van der Waals surface area contributed by atoms with E-state index < -0.39 is 17.7 Å². The third-order valence-corrected chi connectivity index (χ3v) is 5.77. The van der Waals surface area contributed by atoms with Crippen molar-refractivity contribution in [3.63, 3.8) is 0 Å². The number of ether oxygens (including phenoxy) is 1. The second-order valence-corrected chi connectivity index (χ2v) is 8.20. The van der Waals surface area contributed by atoms with Crippen molar-refractivity contribution in [1.82, 2.24) is 0 Å². The monoisotopic (exact) mass is 476 g/mol. The molecule has 4 aromatic carbocycles. The predicted octanol–water partition coefficient (Wildman–Crippen LogP) is 5.73. The lowest BCUT2D eigenvalue weighted by atomic mass is 10.1. The molecule has 4 aromatic rings. The van der Waals surface area contributed by atoms with Gasteiger partial charge in [0.15, 0.2) is 5.78 Å². The van der Waals surface area contributed by atoms with Gasteiger partial charge in [-0.2, -0.15) is 0 Å². The van der Waals surface area contributed by atoms with Crippen LogP contribution in [0.15, 0.2) is 97.1 Å². The lowest BCUT2D eigenvalue weighted by molar-refractivity contribution is 0.0924. The van der Waals surface area contributed by atoms with Gasteiger partial charge in [0.05, 0.1) is 16.8 Å². The van der Waals surface area contributed by atoms with Gasteiger partial charge in [-0.1, -0.05) is 18.2 Å². The lowest BCUT2D eigenvalue weighted by Gasteiger charge is -2.14. The molecule has 0 spiro atoms. The minimum atomic E-state index is -0.507. The first-order valence-corrected chi connectivity index (χ1v) is 11.2. The van der Waals surface area contributed by atoms with Crippen LogP contribution in [-0.2, 0) is 0 Å². The fourth-order valence-electron chi connectivity index (χ4n) is 3.90. The Hall–Kier alpha value is -5.04. The number of Topliss-reactive ketones (excluding diaryl/α,β-unsaturated/α-hetero) is 1. The van der Waals surface area contributed by atoms with Crippen molar-refractivity contribution in [2.45, 2.75) is 6.92 Å². The number of fused-ring (bicyclic) bond motifs is 1. The highest BCUT2D eigenvalue weighted by molar-refractivity contribution is 6.34. The molecule has 176 valence electrons. The molecule has 3 amide bonds. The van der Waals surface area contributed by atoms with E-state index in [-0.39, 0.29) is 22.5 Å². The van der Waals surface area contributed by atoms with E-state index >= 15 is 0 Å². The lowest BCUT2D eigenvalue weighted by Crippen LogP contribution is -2.29. The quantitative estimate of drug-likeness (QED) is 0.283. The minimum absolute atomic E-state index is 0.0717. The Kier molecular flexibility index (Phi) is 5.88. The van der Waals surface area contributed by atoms with Crippen LogP contribution < -0.4 is 15.0 Å². The Morgan fingerprint density at radius 3 is 1.97 bits per heavy atom. The molecule has 0 unspecified atom stereocenters. The van der Waals surface area contributed by atoms with Gasteiger partial charge in [-0.25, -0.2) is 4.90 Å². The number of rotatable bonds is 6. The zero-order valence-corrected chi connectivity index (χ0v) is 19.2. The summed E-state index contributed by atoms with van der Waals surface area (Å²) in [5.74, 6) is -0.235. The molecular formula is C29H20N2O5. The normalized spacial score (nSPS) is 12.3. The number of benzene rings is 4. The number of carbonyl (C=O) groups is 4. The van der Waals surface area contributed by atoms with E-state index in [4.69, 9.17) is 4.74 Å². The summed E-state index contributed by atoms with van der Waals surface area (Å²) in [5.41, 5.74) is 2.06. The summed E-state index contributed by atoms with van der Waals surface area (Å²) in [4.78, 5) is 51.4. The highest BCUT2D eigenvalue weighted by Crippen LogP contribution is 2.31. The number of hydrogen-bond donors (Lipinski definition) is 1. The van der Waals surface area contributed by atoms with Gasteiger partial charge in [-0.15, -0.1) is 0 Å². The number of ketones is 1. The molecule has 0 aromatic heterocycles. The van der Waals surface area contributed by atoms with Crippen LogP contribution in [0.4, 0.5) is 11.4 Å². The standard InChI is InChI=1S/C29H20N2O5/c1-18(32)19-7-10-21(11-8-19)30-27(33)20-9-16-25-26(17-20)29(35)31(28(25)34)22-12-14-24(15-13-22)36-23-5-3-2-4-6-23/h2-17H,1H3,(H,30,33). The van der Waals surface area contributed by atoms with Gasteiger partial charge < -0.3 is 10.1 Å². The van der Waals surface area contributed by atoms with E-state index in [1.54, 1.807) is 48.5 Å². The second-order valence-electron chi connectivity index (χ2n) is 8.20. The number of hydrogen-bond acceptors (Lipinski definition) is 5. The van der Waals surface area contributed by atoms with E-state index in [2.05, 4.69) is 5.32 Å². The van der Waals surface area contributed by atoms with Gasteiger partial charge in [-0.05, 0) is 85.8 Å². The maximum atomic E-state index is 13.1. The number of imide groups is 1. The van der Waals surface area contributed by atoms with Crippen molar-refractivity contribution in [3.8, 4) is 11.5 Å². The van der Waals surface area contributed by atoms with Crippen LogP contribution >= 0.6 is 0 Å². The largest absolute Gasteiger partial charge is 0.457 e. The maximum absolute atomic E-state index is 13.1. The molecule has 0 atom stereocenters. The van der Waals surface area contributed by atoms with Crippen LogP contribution in [0.1, 0.15) is 48.4 Å². The Morgan fingerprint density at radius 2 is 1.31 bits per heavy atom. The fraction of sp³-hybridized carbons (Fsp3) is 0.0345. The number of para-hydroxylation sites is 1. The smallest absolute Gasteiger partial charge is 0.266 e. The van der Waals surface area contributed by atoms with Crippen molar-refractivity contribution in [2.75, 3.05) is 10.2 Å². The fourth-order valence-corrected chi connectivity index (χ4v) is 3.90. The first kappa shape index (κ1) is 22.7. The summed E-state index contributed by atoms with van der Waals surface area (Å²) in [6.45, 7) is 1.46. The molecule has 0 saturated carbocycles. The predicted molar refractivity (Wildman–Crippen MR) is 135 cm³/mol. The third-order valence-electron chi connectivity index (χ3n) is 5.77. The second kappa shape index (κ2) is 9.31. The van der Waals surface area contributed by atoms with Gasteiger partial charge in [0, 0.05) is 16.8 Å². The molecule has 0 aliphatic carbocycles. The Labute approximate surface area is 206 Å². The molecule has 1 heterocycles. The zero-order valence-electron chi connectivity index (χ0n) is 19.2. The first-order valence-electron chi connectivity index (χ1n) is 11.2. The summed E-state index contributed by atoms with van der Waals surface area (Å²) in [5, 5.41) is 2.74. The first-order chi connectivity index (χ1) is 17.4. The van der Waals surface area contributed by atoms with Crippen LogP contribution in [0.25, 0.3) is 0 Å². The van der Waals surface area contributed by atoms with Crippen molar-refractivity contribution in [1.29, 1.82) is 0 Å². The molecule has 1 aliphatic rings. The van der Waals surface area contributed by atoms with Crippen LogP contribution in [0, 0.1) is 0 Å². The summed E-state index contributed by atoms with van der Waals surface area (Å²) in [6, 6.07) is 26.8. The number of amides is 3. The number of nitrogens with zero attached hydrogens (tertiary/aromatic N) is 1. The molecule has 7 nitrogen and oxygen atoms in total. The minimum Gasteiger partial charge on any atom is -0.457 e. The van der Waals surface area contributed by atoms with Gasteiger partial charge in [0.25, 0.3) is 17.7 Å². The Morgan fingerprint density at radius 1 is 0.694 bits per heavy atom. The summed E-state index contributed by atoms with van der Waals surface area (Å²) in [7, 11) is 0. The van der Waals surface area contributed by atoms with Gasteiger partial charge in [0.2, 0.25) is 0 Å². The topological polar surface area (TPSA) is 92.8 Å². The van der Waals surface area contributed by atoms with Crippen molar-refractivity contribution < 1.29 is 23.9 Å². The SMILES string of the molecule is CC(=O)c1ccc(NC(=O)c2ccc3c(c2)C(=O)N(c2ccc(Oc4ccccc4)cc2)C3=O)cc1. The third kappa shape index (κ3) is 4.37. The molecule has 1 aliphatic heterocycles. The van der Waals surface area contributed by atoms with Gasteiger partial charge in [-0.3, -0.25) is 19.2 Å². The molecule has 0 radical (unpaired) electrons. The van der Waals surface area contributed by atoms with E-state index in [0.29, 0.717) is 28.4 Å². The molecule has 5 rings (SSSR count). The molecule has 0 bridgehead atoms. The Bertz CT molecular complexity index is 1490. The van der Waals surface area contributed by atoms with Crippen molar-refractivity contribution in [2.24, 2.45) is 0 Å². The highest BCUT2D eigenvalue weighted by Gasteiger charge is 2.37. The van der Waals surface area contributed by atoms with E-state index in [1.807, 2.05) is 30.3 Å². The maximum Gasteiger partial charge on any atom is 0.266 e. The number of carbonyl (C=O) groups excluding carboxylic acids is 4. The van der Waals surface area contributed by atoms with Crippen LogP contribution in [0.2, 0.25) is 0 Å². The molecule has 0 fully saturated rings. The summed E-state index contributed by atoms with van der Waals surface area (Å²) in [6.07, 6.45) is 0. The van der Waals surface area contributed by atoms with Crippen molar-refractivity contribution in [3.05, 3.63) is 119 Å². The van der Waals surface area contributed by atoms with Gasteiger partial charge >= 0.3 is 0 Å². The van der Waals surface area contributed by atoms with E-state index in [1.165, 1.54) is 25.1 Å². The highest BCUT2D eigenvalue weighted by atomic mass is 16.5. The number of nitrogens with one attached hydrogen (secondary N) is 1.